The van der Waals surface area contributed by atoms with Gasteiger partial charge in [-0.15, -0.1) is 0 Å². The maximum Gasteiger partial charge on any atom is 0.293 e. The third kappa shape index (κ3) is 3.84. The number of nitrogens with zero attached hydrogens (tertiary/aromatic N) is 3. The van der Waals surface area contributed by atoms with Crippen LogP contribution in [0.15, 0.2) is 17.2 Å². The van der Waals surface area contributed by atoms with Crippen molar-refractivity contribution in [3.8, 4) is 0 Å². The van der Waals surface area contributed by atoms with E-state index in [0.29, 0.717) is 24.8 Å². The van der Waals surface area contributed by atoms with Crippen LogP contribution in [0.2, 0.25) is 0 Å². The number of hydrogen-bond donors (Lipinski definition) is 1. The van der Waals surface area contributed by atoms with Crippen molar-refractivity contribution in [3.63, 3.8) is 0 Å². The lowest BCUT2D eigenvalue weighted by Gasteiger charge is -2.22. The fraction of sp³-hybridized carbons (Fsp3) is 0.692. The predicted molar refractivity (Wildman–Crippen MR) is 72.9 cm³/mol. The summed E-state index contributed by atoms with van der Waals surface area (Å²) in [7, 11) is 0. The van der Waals surface area contributed by atoms with Gasteiger partial charge in [-0.2, -0.15) is 0 Å². The van der Waals surface area contributed by atoms with Gasteiger partial charge in [0.2, 0.25) is 0 Å². The van der Waals surface area contributed by atoms with Crippen molar-refractivity contribution in [2.24, 2.45) is 5.92 Å². The van der Waals surface area contributed by atoms with E-state index in [1.807, 2.05) is 11.8 Å². The summed E-state index contributed by atoms with van der Waals surface area (Å²) in [5, 5.41) is 9.05. The van der Waals surface area contributed by atoms with E-state index in [9.17, 15) is 4.79 Å². The molecular formula is C13H23N3O2. The lowest BCUT2D eigenvalue weighted by molar-refractivity contribution is 0.301. The van der Waals surface area contributed by atoms with Crippen LogP contribution in [0.25, 0.3) is 0 Å². The molecule has 0 saturated carbocycles. The van der Waals surface area contributed by atoms with Crippen molar-refractivity contribution in [1.29, 1.82) is 0 Å². The molecule has 0 amide bonds. The van der Waals surface area contributed by atoms with Gasteiger partial charge in [0, 0.05) is 32.0 Å². The molecule has 1 aromatic rings. The summed E-state index contributed by atoms with van der Waals surface area (Å²) in [4.78, 5) is 18.3. The van der Waals surface area contributed by atoms with Crippen LogP contribution in [-0.4, -0.2) is 34.4 Å². The smallest absolute Gasteiger partial charge is 0.293 e. The minimum Gasteiger partial charge on any atom is -0.395 e. The highest BCUT2D eigenvalue weighted by Crippen LogP contribution is 2.05. The molecule has 5 heteroatoms. The van der Waals surface area contributed by atoms with Gasteiger partial charge in [-0.1, -0.05) is 20.8 Å². The third-order valence-electron chi connectivity index (χ3n) is 2.62. The van der Waals surface area contributed by atoms with E-state index in [0.717, 1.165) is 13.0 Å². The number of aromatic nitrogens is 2. The van der Waals surface area contributed by atoms with E-state index in [1.54, 1.807) is 17.0 Å². The number of aliphatic hydroxyl groups is 1. The lowest BCUT2D eigenvalue weighted by Crippen LogP contribution is -2.36. The summed E-state index contributed by atoms with van der Waals surface area (Å²) in [6.45, 7) is 8.08. The maximum absolute atomic E-state index is 12.3. The molecule has 1 N–H and O–H groups in total. The summed E-state index contributed by atoms with van der Waals surface area (Å²) in [5.41, 5.74) is -0.0758. The monoisotopic (exact) mass is 253 g/mol. The second-order valence-electron chi connectivity index (χ2n) is 4.81. The summed E-state index contributed by atoms with van der Waals surface area (Å²) in [6, 6.07) is 0. The summed E-state index contributed by atoms with van der Waals surface area (Å²) in [5.74, 6) is 0.851. The number of anilines is 1. The molecule has 5 nitrogen and oxygen atoms in total. The van der Waals surface area contributed by atoms with Crippen molar-refractivity contribution in [2.45, 2.75) is 33.7 Å². The van der Waals surface area contributed by atoms with Crippen LogP contribution in [0, 0.1) is 5.92 Å². The Morgan fingerprint density at radius 2 is 2.17 bits per heavy atom. The van der Waals surface area contributed by atoms with E-state index in [-0.39, 0.29) is 12.2 Å². The van der Waals surface area contributed by atoms with E-state index < -0.39 is 0 Å². The molecule has 0 aliphatic rings. The molecule has 1 heterocycles. The molecule has 0 aliphatic heterocycles. The zero-order valence-electron chi connectivity index (χ0n) is 11.5. The van der Waals surface area contributed by atoms with Crippen molar-refractivity contribution in [1.82, 2.24) is 9.55 Å². The molecule has 1 rings (SSSR count). The molecule has 0 atom stereocenters. The van der Waals surface area contributed by atoms with Crippen LogP contribution in [0.3, 0.4) is 0 Å². The molecule has 1 aromatic heterocycles. The minimum absolute atomic E-state index is 0.0280. The number of rotatable bonds is 7. The van der Waals surface area contributed by atoms with Gasteiger partial charge >= 0.3 is 0 Å². The SMILES string of the molecule is CCCN(CCO)c1nccn(CC(C)C)c1=O. The van der Waals surface area contributed by atoms with Gasteiger partial charge in [0.1, 0.15) is 0 Å². The highest BCUT2D eigenvalue weighted by atomic mass is 16.3. The van der Waals surface area contributed by atoms with Gasteiger partial charge in [0.25, 0.3) is 5.56 Å². The van der Waals surface area contributed by atoms with E-state index >= 15 is 0 Å². The first kappa shape index (κ1) is 14.7. The van der Waals surface area contributed by atoms with Gasteiger partial charge in [-0.3, -0.25) is 4.79 Å². The molecule has 0 saturated heterocycles. The topological polar surface area (TPSA) is 58.4 Å². The Kier molecular flexibility index (Phi) is 5.85. The predicted octanol–water partition coefficient (Wildman–Crippen LogP) is 1.11. The molecule has 0 unspecified atom stereocenters. The van der Waals surface area contributed by atoms with Crippen LogP contribution in [0.1, 0.15) is 27.2 Å². The fourth-order valence-corrected chi connectivity index (χ4v) is 1.90. The highest BCUT2D eigenvalue weighted by molar-refractivity contribution is 5.35. The van der Waals surface area contributed by atoms with Crippen molar-refractivity contribution in [3.05, 3.63) is 22.7 Å². The van der Waals surface area contributed by atoms with Crippen LogP contribution in [0.4, 0.5) is 5.82 Å². The maximum atomic E-state index is 12.3. The number of hydrogen-bond acceptors (Lipinski definition) is 4. The first-order chi connectivity index (χ1) is 8.60. The molecule has 0 bridgehead atoms. The Bertz CT molecular complexity index is 409. The first-order valence-corrected chi connectivity index (χ1v) is 6.51. The second-order valence-corrected chi connectivity index (χ2v) is 4.81. The van der Waals surface area contributed by atoms with Crippen LogP contribution < -0.4 is 10.5 Å². The summed E-state index contributed by atoms with van der Waals surface area (Å²) in [6.07, 6.45) is 4.29. The van der Waals surface area contributed by atoms with Gasteiger partial charge < -0.3 is 14.6 Å². The van der Waals surface area contributed by atoms with Crippen LogP contribution in [0.5, 0.6) is 0 Å². The molecule has 18 heavy (non-hydrogen) atoms. The van der Waals surface area contributed by atoms with Gasteiger partial charge in [0.15, 0.2) is 5.82 Å². The van der Waals surface area contributed by atoms with E-state index in [2.05, 4.69) is 18.8 Å². The Hall–Kier alpha value is -1.36. The van der Waals surface area contributed by atoms with Crippen LogP contribution >= 0.6 is 0 Å². The molecule has 0 aliphatic carbocycles. The standard InChI is InChI=1S/C13H23N3O2/c1-4-6-15(8-9-17)12-13(18)16(7-5-14-12)10-11(2)3/h5,7,11,17H,4,6,8-10H2,1-3H3. The van der Waals surface area contributed by atoms with Crippen molar-refractivity contribution in [2.75, 3.05) is 24.6 Å². The van der Waals surface area contributed by atoms with Gasteiger partial charge in [0.05, 0.1) is 6.61 Å². The highest BCUT2D eigenvalue weighted by Gasteiger charge is 2.12. The zero-order valence-corrected chi connectivity index (χ0v) is 11.5. The average molecular weight is 253 g/mol. The molecule has 0 fully saturated rings. The van der Waals surface area contributed by atoms with Gasteiger partial charge in [-0.05, 0) is 12.3 Å². The number of aliphatic hydroxyl groups excluding tert-OH is 1. The third-order valence-corrected chi connectivity index (χ3v) is 2.62. The summed E-state index contributed by atoms with van der Waals surface area (Å²) < 4.78 is 1.69. The largest absolute Gasteiger partial charge is 0.395 e. The zero-order chi connectivity index (χ0) is 13.5. The quantitative estimate of drug-likeness (QED) is 0.791. The summed E-state index contributed by atoms with van der Waals surface area (Å²) >= 11 is 0. The molecular weight excluding hydrogens is 230 g/mol. The molecule has 102 valence electrons. The lowest BCUT2D eigenvalue weighted by atomic mass is 10.2. The first-order valence-electron chi connectivity index (χ1n) is 6.51. The van der Waals surface area contributed by atoms with E-state index in [4.69, 9.17) is 5.11 Å². The Balaban J connectivity index is 3.03. The Labute approximate surface area is 108 Å². The normalized spacial score (nSPS) is 10.9. The van der Waals surface area contributed by atoms with Gasteiger partial charge in [-0.25, -0.2) is 4.98 Å². The molecule has 0 radical (unpaired) electrons. The minimum atomic E-state index is -0.0758. The Morgan fingerprint density at radius 1 is 1.44 bits per heavy atom. The average Bonchev–Trinajstić information content (AvgIpc) is 2.31. The van der Waals surface area contributed by atoms with Crippen molar-refractivity contribution < 1.29 is 5.11 Å². The van der Waals surface area contributed by atoms with E-state index in [1.165, 1.54) is 0 Å². The molecule has 0 aromatic carbocycles. The fourth-order valence-electron chi connectivity index (χ4n) is 1.90. The Morgan fingerprint density at radius 3 is 2.72 bits per heavy atom. The second kappa shape index (κ2) is 7.16. The van der Waals surface area contributed by atoms with Crippen molar-refractivity contribution >= 4 is 5.82 Å². The molecule has 0 spiro atoms. The van der Waals surface area contributed by atoms with Crippen LogP contribution in [-0.2, 0) is 6.54 Å².